The van der Waals surface area contributed by atoms with Gasteiger partial charge < -0.3 is 10.4 Å². The molecular weight excluding hydrogens is 262 g/mol. The number of rotatable bonds is 8. The van der Waals surface area contributed by atoms with Gasteiger partial charge in [-0.25, -0.2) is 0 Å². The molecule has 0 aromatic heterocycles. The van der Waals surface area contributed by atoms with Gasteiger partial charge in [0.2, 0.25) is 5.91 Å². The molecule has 2 aromatic carbocycles. The third-order valence-electron chi connectivity index (χ3n) is 3.59. The van der Waals surface area contributed by atoms with E-state index in [-0.39, 0.29) is 12.5 Å². The van der Waals surface area contributed by atoms with Gasteiger partial charge in [-0.3, -0.25) is 4.79 Å². The largest absolute Gasteiger partial charge is 0.396 e. The first-order valence-electron chi connectivity index (χ1n) is 7.65. The highest BCUT2D eigenvalue weighted by atomic mass is 16.2. The summed E-state index contributed by atoms with van der Waals surface area (Å²) in [5, 5.41) is 14.0. The summed E-state index contributed by atoms with van der Waals surface area (Å²) < 4.78 is 0. The number of carbonyl (C=O) groups excluding carboxylic acids is 1. The minimum atomic E-state index is 0.0763. The number of nitrogens with one attached hydrogen (secondary N) is 1. The van der Waals surface area contributed by atoms with Crippen molar-refractivity contribution in [2.75, 3.05) is 13.2 Å². The Bertz CT molecular complexity index is 580. The SMILES string of the molecule is O=C(Cc1ccc2ccccc2c1)NCCCCCCO. The first-order chi connectivity index (χ1) is 10.3. The van der Waals surface area contributed by atoms with Crippen molar-refractivity contribution in [2.24, 2.45) is 0 Å². The molecule has 0 aliphatic rings. The summed E-state index contributed by atoms with van der Waals surface area (Å²) >= 11 is 0. The monoisotopic (exact) mass is 285 g/mol. The molecule has 0 saturated heterocycles. The van der Waals surface area contributed by atoms with Crippen LogP contribution in [-0.4, -0.2) is 24.2 Å². The van der Waals surface area contributed by atoms with E-state index in [9.17, 15) is 4.79 Å². The molecule has 0 unspecified atom stereocenters. The van der Waals surface area contributed by atoms with E-state index < -0.39 is 0 Å². The number of carbonyl (C=O) groups is 1. The Morgan fingerprint density at radius 3 is 2.52 bits per heavy atom. The Morgan fingerprint density at radius 2 is 1.71 bits per heavy atom. The van der Waals surface area contributed by atoms with Crippen molar-refractivity contribution in [3.8, 4) is 0 Å². The highest BCUT2D eigenvalue weighted by Gasteiger charge is 2.03. The van der Waals surface area contributed by atoms with Crippen molar-refractivity contribution in [3.05, 3.63) is 48.0 Å². The van der Waals surface area contributed by atoms with E-state index in [1.165, 1.54) is 10.8 Å². The molecule has 2 aromatic rings. The molecule has 0 spiro atoms. The highest BCUT2D eigenvalue weighted by molar-refractivity contribution is 5.85. The lowest BCUT2D eigenvalue weighted by molar-refractivity contribution is -0.120. The Morgan fingerprint density at radius 1 is 0.952 bits per heavy atom. The number of aliphatic hydroxyl groups excluding tert-OH is 1. The van der Waals surface area contributed by atoms with Crippen molar-refractivity contribution in [3.63, 3.8) is 0 Å². The fraction of sp³-hybridized carbons (Fsp3) is 0.389. The number of amides is 1. The number of unbranched alkanes of at least 4 members (excludes halogenated alkanes) is 3. The van der Waals surface area contributed by atoms with Crippen LogP contribution in [-0.2, 0) is 11.2 Å². The molecule has 3 nitrogen and oxygen atoms in total. The molecule has 0 aliphatic heterocycles. The van der Waals surface area contributed by atoms with Gasteiger partial charge in [-0.1, -0.05) is 55.3 Å². The topological polar surface area (TPSA) is 49.3 Å². The third-order valence-corrected chi connectivity index (χ3v) is 3.59. The molecule has 0 atom stereocenters. The molecule has 21 heavy (non-hydrogen) atoms. The summed E-state index contributed by atoms with van der Waals surface area (Å²) in [6.07, 6.45) is 4.34. The summed E-state index contributed by atoms with van der Waals surface area (Å²) in [6, 6.07) is 14.3. The molecule has 2 N–H and O–H groups in total. The van der Waals surface area contributed by atoms with Gasteiger partial charge >= 0.3 is 0 Å². The van der Waals surface area contributed by atoms with E-state index >= 15 is 0 Å². The van der Waals surface area contributed by atoms with E-state index in [0.717, 1.165) is 37.8 Å². The summed E-state index contributed by atoms with van der Waals surface area (Å²) in [6.45, 7) is 0.978. The minimum absolute atomic E-state index is 0.0763. The van der Waals surface area contributed by atoms with Crippen LogP contribution in [0.1, 0.15) is 31.2 Å². The smallest absolute Gasteiger partial charge is 0.224 e. The summed E-state index contributed by atoms with van der Waals surface area (Å²) in [5.41, 5.74) is 1.05. The summed E-state index contributed by atoms with van der Waals surface area (Å²) in [7, 11) is 0. The van der Waals surface area contributed by atoms with Crippen LogP contribution in [0.3, 0.4) is 0 Å². The predicted octanol–water partition coefficient (Wildman–Crippen LogP) is 3.05. The standard InChI is InChI=1S/C18H23NO2/c20-12-6-2-1-5-11-19-18(21)14-15-9-10-16-7-3-4-8-17(16)13-15/h3-4,7-10,13,20H,1-2,5-6,11-12,14H2,(H,19,21). The van der Waals surface area contributed by atoms with Crippen molar-refractivity contribution >= 4 is 16.7 Å². The Balaban J connectivity index is 1.76. The number of hydrogen-bond acceptors (Lipinski definition) is 2. The molecule has 1 amide bonds. The summed E-state index contributed by atoms with van der Waals surface area (Å²) in [4.78, 5) is 11.9. The zero-order valence-electron chi connectivity index (χ0n) is 12.3. The molecule has 3 heteroatoms. The number of benzene rings is 2. The average Bonchev–Trinajstić information content (AvgIpc) is 2.50. The Labute approximate surface area is 126 Å². The van der Waals surface area contributed by atoms with E-state index in [2.05, 4.69) is 29.6 Å². The molecule has 0 fully saturated rings. The van der Waals surface area contributed by atoms with Gasteiger partial charge in [0.25, 0.3) is 0 Å². The molecular formula is C18H23NO2. The Kier molecular flexibility index (Phi) is 6.22. The lowest BCUT2D eigenvalue weighted by atomic mass is 10.0. The van der Waals surface area contributed by atoms with Crippen molar-refractivity contribution in [1.29, 1.82) is 0 Å². The third kappa shape index (κ3) is 5.20. The normalized spacial score (nSPS) is 10.7. The van der Waals surface area contributed by atoms with Crippen molar-refractivity contribution < 1.29 is 9.90 Å². The van der Waals surface area contributed by atoms with Gasteiger partial charge in [-0.05, 0) is 29.2 Å². The minimum Gasteiger partial charge on any atom is -0.396 e. The second-order valence-corrected chi connectivity index (χ2v) is 5.35. The molecule has 0 radical (unpaired) electrons. The number of fused-ring (bicyclic) bond motifs is 1. The van der Waals surface area contributed by atoms with E-state index in [0.29, 0.717) is 6.42 Å². The van der Waals surface area contributed by atoms with Gasteiger partial charge in [0.15, 0.2) is 0 Å². The molecule has 0 bridgehead atoms. The van der Waals surface area contributed by atoms with Crippen LogP contribution in [0.2, 0.25) is 0 Å². The maximum Gasteiger partial charge on any atom is 0.224 e. The molecule has 0 heterocycles. The van der Waals surface area contributed by atoms with Gasteiger partial charge in [-0.15, -0.1) is 0 Å². The van der Waals surface area contributed by atoms with Gasteiger partial charge in [0.05, 0.1) is 6.42 Å². The second kappa shape index (κ2) is 8.42. The van der Waals surface area contributed by atoms with Gasteiger partial charge in [0.1, 0.15) is 0 Å². The van der Waals surface area contributed by atoms with Crippen LogP contribution in [0, 0.1) is 0 Å². The van der Waals surface area contributed by atoms with E-state index in [4.69, 9.17) is 5.11 Å². The van der Waals surface area contributed by atoms with Crippen LogP contribution in [0.15, 0.2) is 42.5 Å². The lowest BCUT2D eigenvalue weighted by Gasteiger charge is -2.06. The zero-order chi connectivity index (χ0) is 14.9. The molecule has 0 saturated carbocycles. The first-order valence-corrected chi connectivity index (χ1v) is 7.65. The van der Waals surface area contributed by atoms with Crippen LogP contribution < -0.4 is 5.32 Å². The van der Waals surface area contributed by atoms with Crippen molar-refractivity contribution in [2.45, 2.75) is 32.1 Å². The zero-order valence-corrected chi connectivity index (χ0v) is 12.3. The van der Waals surface area contributed by atoms with Gasteiger partial charge in [-0.2, -0.15) is 0 Å². The quantitative estimate of drug-likeness (QED) is 0.732. The maximum atomic E-state index is 11.9. The molecule has 2 rings (SSSR count). The fourth-order valence-corrected chi connectivity index (χ4v) is 2.41. The summed E-state index contributed by atoms with van der Waals surface area (Å²) in [5.74, 6) is 0.0763. The van der Waals surface area contributed by atoms with Crippen LogP contribution in [0.4, 0.5) is 0 Å². The van der Waals surface area contributed by atoms with Gasteiger partial charge in [0, 0.05) is 13.2 Å². The molecule has 112 valence electrons. The average molecular weight is 285 g/mol. The van der Waals surface area contributed by atoms with E-state index in [1.54, 1.807) is 0 Å². The maximum absolute atomic E-state index is 11.9. The number of hydrogen-bond donors (Lipinski definition) is 2. The first kappa shape index (κ1) is 15.5. The fourth-order valence-electron chi connectivity index (χ4n) is 2.41. The Hall–Kier alpha value is -1.87. The van der Waals surface area contributed by atoms with E-state index in [1.807, 2.05) is 18.2 Å². The van der Waals surface area contributed by atoms with Crippen LogP contribution >= 0.6 is 0 Å². The molecule has 0 aliphatic carbocycles. The lowest BCUT2D eigenvalue weighted by Crippen LogP contribution is -2.26. The number of aliphatic hydroxyl groups is 1. The van der Waals surface area contributed by atoms with Crippen LogP contribution in [0.5, 0.6) is 0 Å². The van der Waals surface area contributed by atoms with Crippen LogP contribution in [0.25, 0.3) is 10.8 Å². The van der Waals surface area contributed by atoms with Crippen molar-refractivity contribution in [1.82, 2.24) is 5.32 Å². The predicted molar refractivity (Wildman–Crippen MR) is 86.2 cm³/mol. The second-order valence-electron chi connectivity index (χ2n) is 5.35. The highest BCUT2D eigenvalue weighted by Crippen LogP contribution is 2.15.